The molecule has 0 unspecified atom stereocenters. The van der Waals surface area contributed by atoms with Gasteiger partial charge in [0.25, 0.3) is 5.56 Å². The van der Waals surface area contributed by atoms with Gasteiger partial charge in [0.15, 0.2) is 0 Å². The predicted molar refractivity (Wildman–Crippen MR) is 121 cm³/mol. The van der Waals surface area contributed by atoms with Gasteiger partial charge in [-0.25, -0.2) is 9.78 Å². The molecule has 1 aliphatic heterocycles. The number of carbonyl (C=O) groups is 1. The molecule has 7 nitrogen and oxygen atoms in total. The third-order valence-corrected chi connectivity index (χ3v) is 6.04. The highest BCUT2D eigenvalue weighted by atomic mass is 16.6. The lowest BCUT2D eigenvalue weighted by molar-refractivity contribution is 0.0896. The van der Waals surface area contributed by atoms with Crippen LogP contribution in [-0.4, -0.2) is 31.7 Å². The first-order valence-electron chi connectivity index (χ1n) is 10.7. The molecule has 0 bridgehead atoms. The fourth-order valence-corrected chi connectivity index (χ4v) is 4.21. The maximum Gasteiger partial charge on any atom is 0.410 e. The largest absolute Gasteiger partial charge is 0.443 e. The van der Waals surface area contributed by atoms with Crippen LogP contribution in [0.5, 0.6) is 0 Å². The second-order valence-electron chi connectivity index (χ2n) is 8.07. The predicted octanol–water partition coefficient (Wildman–Crippen LogP) is 3.48. The number of para-hydroxylation sites is 1. The van der Waals surface area contributed by atoms with E-state index in [1.54, 1.807) is 15.8 Å². The van der Waals surface area contributed by atoms with Crippen LogP contribution in [0, 0.1) is 0 Å². The monoisotopic (exact) mass is 428 g/mol. The molecule has 1 aliphatic rings. The zero-order valence-electron chi connectivity index (χ0n) is 17.9. The van der Waals surface area contributed by atoms with E-state index in [-0.39, 0.29) is 18.7 Å². The van der Waals surface area contributed by atoms with Gasteiger partial charge in [-0.3, -0.25) is 9.36 Å². The van der Waals surface area contributed by atoms with E-state index in [0.717, 1.165) is 27.9 Å². The van der Waals surface area contributed by atoms with Gasteiger partial charge in [-0.05, 0) is 23.1 Å². The Kier molecular flexibility index (Phi) is 5.23. The second kappa shape index (κ2) is 8.34. The van der Waals surface area contributed by atoms with Crippen molar-refractivity contribution in [2.75, 3.05) is 6.54 Å². The Morgan fingerprint density at radius 1 is 1.09 bits per heavy atom. The van der Waals surface area contributed by atoms with Crippen molar-refractivity contribution in [2.45, 2.75) is 26.1 Å². The zero-order valence-corrected chi connectivity index (χ0v) is 17.9. The Bertz CT molecular complexity index is 1340. The molecule has 7 heteroatoms. The molecule has 0 radical (unpaired) electrons. The number of aryl methyl sites for hydroxylation is 1. The highest BCUT2D eigenvalue weighted by Crippen LogP contribution is 2.20. The van der Waals surface area contributed by atoms with E-state index < -0.39 is 6.09 Å². The molecule has 0 spiro atoms. The molecule has 162 valence electrons. The molecule has 2 aromatic heterocycles. The number of aromatic nitrogens is 3. The summed E-state index contributed by atoms with van der Waals surface area (Å²) in [5.74, 6) is 0. The van der Waals surface area contributed by atoms with Crippen LogP contribution >= 0.6 is 0 Å². The minimum atomic E-state index is -0.418. The lowest BCUT2D eigenvalue weighted by Crippen LogP contribution is -2.41. The average Bonchev–Trinajstić information content (AvgIpc) is 3.15. The minimum absolute atomic E-state index is 0.106. The average molecular weight is 428 g/mol. The summed E-state index contributed by atoms with van der Waals surface area (Å²) in [5.41, 5.74) is 4.26. The van der Waals surface area contributed by atoms with Gasteiger partial charge in [0.2, 0.25) is 0 Å². The maximum absolute atomic E-state index is 13.1. The normalized spacial score (nSPS) is 13.2. The molecule has 0 aliphatic carbocycles. The van der Waals surface area contributed by atoms with Gasteiger partial charge < -0.3 is 14.2 Å². The summed E-state index contributed by atoms with van der Waals surface area (Å²) >= 11 is 0. The van der Waals surface area contributed by atoms with Crippen LogP contribution in [0.15, 0.2) is 71.8 Å². The van der Waals surface area contributed by atoms with Crippen molar-refractivity contribution in [1.82, 2.24) is 19.0 Å². The van der Waals surface area contributed by atoms with Gasteiger partial charge in [-0.1, -0.05) is 48.5 Å². The van der Waals surface area contributed by atoms with Crippen molar-refractivity contribution in [3.05, 3.63) is 99.9 Å². The summed E-state index contributed by atoms with van der Waals surface area (Å²) in [5, 5.41) is 1.11. The fourth-order valence-electron chi connectivity index (χ4n) is 4.21. The molecule has 1 amide bonds. The molecule has 2 aromatic carbocycles. The van der Waals surface area contributed by atoms with E-state index >= 15 is 0 Å². The van der Waals surface area contributed by atoms with E-state index in [1.165, 1.54) is 0 Å². The van der Waals surface area contributed by atoms with E-state index in [4.69, 9.17) is 4.74 Å². The van der Waals surface area contributed by atoms with Gasteiger partial charge in [-0.2, -0.15) is 0 Å². The number of hydrogen-bond acceptors (Lipinski definition) is 4. The fraction of sp³-hybridized carbons (Fsp3) is 0.240. The number of benzene rings is 2. The topological polar surface area (TPSA) is 69.4 Å². The smallest absolute Gasteiger partial charge is 0.410 e. The van der Waals surface area contributed by atoms with Crippen LogP contribution in [0.2, 0.25) is 0 Å². The molecule has 0 fully saturated rings. The third-order valence-electron chi connectivity index (χ3n) is 6.04. The van der Waals surface area contributed by atoms with E-state index in [2.05, 4.69) is 4.98 Å². The highest BCUT2D eigenvalue weighted by Gasteiger charge is 2.26. The van der Waals surface area contributed by atoms with Crippen LogP contribution in [0.25, 0.3) is 10.9 Å². The van der Waals surface area contributed by atoms with Crippen LogP contribution < -0.4 is 5.56 Å². The summed E-state index contributed by atoms with van der Waals surface area (Å²) in [7, 11) is 1.96. The Hall–Kier alpha value is -3.87. The van der Waals surface area contributed by atoms with Gasteiger partial charge in [0.1, 0.15) is 6.61 Å². The summed E-state index contributed by atoms with van der Waals surface area (Å²) < 4.78 is 9.22. The van der Waals surface area contributed by atoms with Crippen molar-refractivity contribution >= 4 is 17.0 Å². The molecule has 3 heterocycles. The molecule has 0 saturated carbocycles. The van der Waals surface area contributed by atoms with Crippen LogP contribution in [0.3, 0.4) is 0 Å². The molecule has 32 heavy (non-hydrogen) atoms. The van der Waals surface area contributed by atoms with E-state index in [0.29, 0.717) is 25.1 Å². The Morgan fingerprint density at radius 2 is 1.88 bits per heavy atom. The van der Waals surface area contributed by atoms with E-state index in [9.17, 15) is 9.59 Å². The number of fused-ring (bicyclic) bond motifs is 2. The zero-order chi connectivity index (χ0) is 22.1. The lowest BCUT2D eigenvalue weighted by Gasteiger charge is -2.27. The van der Waals surface area contributed by atoms with Crippen LogP contribution in [0.4, 0.5) is 4.79 Å². The lowest BCUT2D eigenvalue weighted by atomic mass is 10.1. The van der Waals surface area contributed by atoms with Gasteiger partial charge >= 0.3 is 6.09 Å². The summed E-state index contributed by atoms with van der Waals surface area (Å²) in [6.07, 6.45) is 1.72. The number of rotatable bonds is 4. The minimum Gasteiger partial charge on any atom is -0.443 e. The van der Waals surface area contributed by atoms with Gasteiger partial charge in [-0.15, -0.1) is 0 Å². The Balaban J connectivity index is 1.29. The van der Waals surface area contributed by atoms with Crippen molar-refractivity contribution in [2.24, 2.45) is 7.05 Å². The summed E-state index contributed by atoms with van der Waals surface area (Å²) in [6.45, 7) is 1.32. The number of carbonyl (C=O) groups excluding carboxylic acids is 1. The van der Waals surface area contributed by atoms with E-state index in [1.807, 2.05) is 72.3 Å². The number of nitrogens with zero attached hydrogens (tertiary/aromatic N) is 4. The quantitative estimate of drug-likeness (QED) is 0.499. The molecular formula is C25H24N4O3. The maximum atomic E-state index is 13.1. The number of hydrogen-bond donors (Lipinski definition) is 0. The first-order valence-corrected chi connectivity index (χ1v) is 10.7. The molecular weight excluding hydrogens is 404 g/mol. The standard InChI is InChI=1S/C25H24N4O3/c1-27-20(13-19-9-5-6-10-23(19)27)16-32-25(31)28-12-11-22-21(15-28)24(30)29(17-26-22)14-18-7-3-2-4-8-18/h2-10,13,17H,11-12,14-16H2,1H3. The SMILES string of the molecule is Cn1c(COC(=O)N2CCc3ncn(Cc4ccccc4)c(=O)c3C2)cc2ccccc21. The van der Waals surface area contributed by atoms with Crippen LogP contribution in [-0.2, 0) is 37.9 Å². The Labute approximate surface area is 185 Å². The number of amides is 1. The Morgan fingerprint density at radius 3 is 2.69 bits per heavy atom. The summed E-state index contributed by atoms with van der Waals surface area (Å²) in [6, 6.07) is 19.9. The first-order chi connectivity index (χ1) is 15.6. The second-order valence-corrected chi connectivity index (χ2v) is 8.07. The molecule has 0 saturated heterocycles. The third kappa shape index (κ3) is 3.77. The molecule has 0 atom stereocenters. The van der Waals surface area contributed by atoms with Crippen LogP contribution in [0.1, 0.15) is 22.5 Å². The molecule has 5 rings (SSSR count). The molecule has 4 aromatic rings. The van der Waals surface area contributed by atoms with Crippen molar-refractivity contribution in [3.8, 4) is 0 Å². The van der Waals surface area contributed by atoms with Crippen molar-refractivity contribution < 1.29 is 9.53 Å². The van der Waals surface area contributed by atoms with Gasteiger partial charge in [0, 0.05) is 25.5 Å². The number of ether oxygens (including phenoxy) is 1. The highest BCUT2D eigenvalue weighted by molar-refractivity contribution is 5.81. The summed E-state index contributed by atoms with van der Waals surface area (Å²) in [4.78, 5) is 31.9. The van der Waals surface area contributed by atoms with Crippen molar-refractivity contribution in [1.29, 1.82) is 0 Å². The van der Waals surface area contributed by atoms with Gasteiger partial charge in [0.05, 0.1) is 36.4 Å². The first kappa shape index (κ1) is 20.1. The van der Waals surface area contributed by atoms with Crippen molar-refractivity contribution in [3.63, 3.8) is 0 Å². The molecule has 0 N–H and O–H groups in total.